The summed E-state index contributed by atoms with van der Waals surface area (Å²) in [6.45, 7) is 0.549. The SMILES string of the molecule is O=C(O)C1CN(C(=O)c2cccnc2Cl)CCO1. The van der Waals surface area contributed by atoms with Crippen molar-refractivity contribution < 1.29 is 19.4 Å². The fraction of sp³-hybridized carbons (Fsp3) is 0.364. The molecule has 1 aliphatic rings. The Morgan fingerprint density at radius 1 is 1.56 bits per heavy atom. The Morgan fingerprint density at radius 2 is 2.33 bits per heavy atom. The zero-order valence-electron chi connectivity index (χ0n) is 9.38. The van der Waals surface area contributed by atoms with E-state index >= 15 is 0 Å². The average molecular weight is 271 g/mol. The number of aromatic nitrogens is 1. The molecule has 1 unspecified atom stereocenters. The van der Waals surface area contributed by atoms with Crippen LogP contribution in [0.2, 0.25) is 5.15 Å². The first-order valence-corrected chi connectivity index (χ1v) is 5.71. The van der Waals surface area contributed by atoms with Gasteiger partial charge in [0.05, 0.1) is 18.7 Å². The van der Waals surface area contributed by atoms with E-state index < -0.39 is 12.1 Å². The first-order chi connectivity index (χ1) is 8.59. The van der Waals surface area contributed by atoms with Gasteiger partial charge in [0.15, 0.2) is 6.10 Å². The molecule has 7 heteroatoms. The summed E-state index contributed by atoms with van der Waals surface area (Å²) in [6, 6.07) is 3.16. The zero-order valence-corrected chi connectivity index (χ0v) is 10.1. The summed E-state index contributed by atoms with van der Waals surface area (Å²) < 4.78 is 5.04. The summed E-state index contributed by atoms with van der Waals surface area (Å²) in [7, 11) is 0. The normalized spacial score (nSPS) is 19.6. The smallest absolute Gasteiger partial charge is 0.334 e. The molecule has 0 bridgehead atoms. The predicted molar refractivity (Wildman–Crippen MR) is 62.5 cm³/mol. The van der Waals surface area contributed by atoms with Crippen LogP contribution in [0.5, 0.6) is 0 Å². The van der Waals surface area contributed by atoms with E-state index in [9.17, 15) is 9.59 Å². The highest BCUT2D eigenvalue weighted by molar-refractivity contribution is 6.32. The number of amides is 1. The van der Waals surface area contributed by atoms with Crippen LogP contribution in [0.4, 0.5) is 0 Å². The Balaban J connectivity index is 2.14. The van der Waals surface area contributed by atoms with Crippen LogP contribution >= 0.6 is 11.6 Å². The van der Waals surface area contributed by atoms with Gasteiger partial charge in [0, 0.05) is 12.7 Å². The lowest BCUT2D eigenvalue weighted by Gasteiger charge is -2.30. The standard InChI is InChI=1S/C11H11ClN2O4/c12-9-7(2-1-3-13-9)10(15)14-4-5-18-8(6-14)11(16)17/h1-3,8H,4-6H2,(H,16,17). The molecule has 0 spiro atoms. The predicted octanol–water partition coefficient (Wildman–Crippen LogP) is 0.661. The van der Waals surface area contributed by atoms with E-state index in [1.54, 1.807) is 12.1 Å². The van der Waals surface area contributed by atoms with Crippen molar-refractivity contribution in [3.8, 4) is 0 Å². The molecule has 0 aliphatic carbocycles. The van der Waals surface area contributed by atoms with E-state index in [1.807, 2.05) is 0 Å². The number of nitrogens with zero attached hydrogens (tertiary/aromatic N) is 2. The fourth-order valence-electron chi connectivity index (χ4n) is 1.70. The topological polar surface area (TPSA) is 79.7 Å². The number of morpholine rings is 1. The molecule has 1 amide bonds. The van der Waals surface area contributed by atoms with Crippen LogP contribution in [0.15, 0.2) is 18.3 Å². The molecule has 18 heavy (non-hydrogen) atoms. The van der Waals surface area contributed by atoms with E-state index in [1.165, 1.54) is 11.1 Å². The largest absolute Gasteiger partial charge is 0.479 e. The first kappa shape index (κ1) is 12.8. The number of hydrogen-bond acceptors (Lipinski definition) is 4. The lowest BCUT2D eigenvalue weighted by atomic mass is 10.2. The highest BCUT2D eigenvalue weighted by Crippen LogP contribution is 2.16. The van der Waals surface area contributed by atoms with Gasteiger partial charge in [0.1, 0.15) is 5.15 Å². The molecular formula is C11H11ClN2O4. The third-order valence-corrected chi connectivity index (χ3v) is 2.92. The summed E-state index contributed by atoms with van der Waals surface area (Å²) in [6.07, 6.45) is 0.497. The second-order valence-corrected chi connectivity index (χ2v) is 4.15. The van der Waals surface area contributed by atoms with Crippen LogP contribution in [-0.2, 0) is 9.53 Å². The molecule has 1 aromatic rings. The van der Waals surface area contributed by atoms with Crippen LogP contribution in [-0.4, -0.2) is 52.7 Å². The van der Waals surface area contributed by atoms with E-state index in [0.29, 0.717) is 6.54 Å². The summed E-state index contributed by atoms with van der Waals surface area (Å²) in [4.78, 5) is 28.2. The van der Waals surface area contributed by atoms with Crippen molar-refractivity contribution in [3.63, 3.8) is 0 Å². The van der Waals surface area contributed by atoms with Crippen molar-refractivity contribution >= 4 is 23.5 Å². The van der Waals surface area contributed by atoms with Crippen LogP contribution in [0.3, 0.4) is 0 Å². The number of halogens is 1. The fourth-order valence-corrected chi connectivity index (χ4v) is 1.90. The number of carboxylic acids is 1. The molecule has 96 valence electrons. The quantitative estimate of drug-likeness (QED) is 0.799. The molecule has 6 nitrogen and oxygen atoms in total. The molecule has 2 heterocycles. The molecule has 0 aromatic carbocycles. The minimum Gasteiger partial charge on any atom is -0.479 e. The average Bonchev–Trinajstić information content (AvgIpc) is 2.38. The Morgan fingerprint density at radius 3 is 3.00 bits per heavy atom. The maximum atomic E-state index is 12.1. The number of hydrogen-bond donors (Lipinski definition) is 1. The lowest BCUT2D eigenvalue weighted by molar-refractivity contribution is -0.154. The second kappa shape index (κ2) is 5.32. The summed E-state index contributed by atoms with van der Waals surface area (Å²) in [5.74, 6) is -1.41. The molecule has 1 aliphatic heterocycles. The summed E-state index contributed by atoms with van der Waals surface area (Å²) in [5, 5.41) is 8.97. The third kappa shape index (κ3) is 2.60. The minimum atomic E-state index is -1.08. The lowest BCUT2D eigenvalue weighted by Crippen LogP contribution is -2.48. The number of ether oxygens (including phenoxy) is 1. The Bertz CT molecular complexity index is 480. The number of rotatable bonds is 2. The van der Waals surface area contributed by atoms with Crippen molar-refractivity contribution in [3.05, 3.63) is 29.0 Å². The molecule has 0 radical (unpaired) electrons. The first-order valence-electron chi connectivity index (χ1n) is 5.34. The van der Waals surface area contributed by atoms with Crippen molar-refractivity contribution in [1.82, 2.24) is 9.88 Å². The zero-order chi connectivity index (χ0) is 13.1. The molecule has 1 fully saturated rings. The number of carbonyl (C=O) groups is 2. The van der Waals surface area contributed by atoms with Gasteiger partial charge >= 0.3 is 5.97 Å². The highest BCUT2D eigenvalue weighted by Gasteiger charge is 2.30. The highest BCUT2D eigenvalue weighted by atomic mass is 35.5. The van der Waals surface area contributed by atoms with Gasteiger partial charge in [-0.3, -0.25) is 4.79 Å². The summed E-state index contributed by atoms with van der Waals surface area (Å²) in [5.41, 5.74) is 0.269. The van der Waals surface area contributed by atoms with Gasteiger partial charge in [-0.05, 0) is 12.1 Å². The van der Waals surface area contributed by atoms with Crippen LogP contribution < -0.4 is 0 Å². The van der Waals surface area contributed by atoms with Crippen LogP contribution in [0.1, 0.15) is 10.4 Å². The van der Waals surface area contributed by atoms with Gasteiger partial charge in [0.25, 0.3) is 5.91 Å². The number of carbonyl (C=O) groups excluding carboxylic acids is 1. The molecule has 1 atom stereocenters. The minimum absolute atomic E-state index is 0.0133. The van der Waals surface area contributed by atoms with Gasteiger partial charge in [-0.1, -0.05) is 11.6 Å². The molecule has 1 N–H and O–H groups in total. The van der Waals surface area contributed by atoms with Gasteiger partial charge in [-0.2, -0.15) is 0 Å². The van der Waals surface area contributed by atoms with Gasteiger partial charge in [-0.15, -0.1) is 0 Å². The van der Waals surface area contributed by atoms with E-state index in [0.717, 1.165) is 0 Å². The van der Waals surface area contributed by atoms with Gasteiger partial charge in [-0.25, -0.2) is 9.78 Å². The van der Waals surface area contributed by atoms with E-state index in [2.05, 4.69) is 4.98 Å². The molecule has 1 saturated heterocycles. The monoisotopic (exact) mass is 270 g/mol. The molecule has 0 saturated carbocycles. The van der Waals surface area contributed by atoms with E-state index in [4.69, 9.17) is 21.4 Å². The maximum absolute atomic E-state index is 12.1. The van der Waals surface area contributed by atoms with Gasteiger partial charge in [0.2, 0.25) is 0 Å². The number of pyridine rings is 1. The van der Waals surface area contributed by atoms with Crippen LogP contribution in [0, 0.1) is 0 Å². The maximum Gasteiger partial charge on any atom is 0.334 e. The Labute approximate surface area is 108 Å². The van der Waals surface area contributed by atoms with E-state index in [-0.39, 0.29) is 29.8 Å². The number of aliphatic carboxylic acids is 1. The number of carboxylic acid groups (broad SMARTS) is 1. The Kier molecular flexibility index (Phi) is 3.78. The van der Waals surface area contributed by atoms with Gasteiger partial charge < -0.3 is 14.7 Å². The van der Waals surface area contributed by atoms with Crippen molar-refractivity contribution in [2.24, 2.45) is 0 Å². The third-order valence-electron chi connectivity index (χ3n) is 2.62. The van der Waals surface area contributed by atoms with Crippen LogP contribution in [0.25, 0.3) is 0 Å². The van der Waals surface area contributed by atoms with Crippen molar-refractivity contribution in [1.29, 1.82) is 0 Å². The molecule has 1 aromatic heterocycles. The molecular weight excluding hydrogens is 260 g/mol. The molecule has 2 rings (SSSR count). The van der Waals surface area contributed by atoms with Crippen molar-refractivity contribution in [2.45, 2.75) is 6.10 Å². The Hall–Kier alpha value is -1.66. The second-order valence-electron chi connectivity index (χ2n) is 3.79. The van der Waals surface area contributed by atoms with Crippen molar-refractivity contribution in [2.75, 3.05) is 19.7 Å². The summed E-state index contributed by atoms with van der Waals surface area (Å²) >= 11 is 5.83.